The molecule has 0 saturated carbocycles. The standard InChI is InChI=1S/C34H45NO4/c1-31(2,3)24-16-20(17-25(35(24)13)32(4,5)6)14-22-28(36)23(30(38)29(22)37)15-21-18-26(33(7,8)9)39-27(19-21)34(10,11)12/h14-19H,1-13H3/p+1. The first-order valence-corrected chi connectivity index (χ1v) is 13.6. The van der Waals surface area contributed by atoms with E-state index in [9.17, 15) is 14.7 Å². The largest absolute Gasteiger partial charge is 0.506 e. The molecule has 2 heterocycles. The van der Waals surface area contributed by atoms with E-state index in [4.69, 9.17) is 4.74 Å². The molecule has 210 valence electrons. The Bertz CT molecular complexity index is 1320. The lowest BCUT2D eigenvalue weighted by molar-refractivity contribution is -0.693. The third kappa shape index (κ3) is 6.34. The smallest absolute Gasteiger partial charge is 0.237 e. The molecule has 2 aliphatic rings. The second kappa shape index (κ2) is 9.76. The van der Waals surface area contributed by atoms with Crippen molar-refractivity contribution < 1.29 is 24.0 Å². The minimum Gasteiger partial charge on any atom is -0.506 e. The minimum absolute atomic E-state index is 0.00532. The van der Waals surface area contributed by atoms with Crippen molar-refractivity contribution in [3.8, 4) is 0 Å². The van der Waals surface area contributed by atoms with Gasteiger partial charge < -0.3 is 9.84 Å². The highest BCUT2D eigenvalue weighted by molar-refractivity contribution is 6.54. The summed E-state index contributed by atoms with van der Waals surface area (Å²) in [7, 11) is 2.05. The van der Waals surface area contributed by atoms with Gasteiger partial charge in [0.25, 0.3) is 0 Å². The monoisotopic (exact) mass is 532 g/mol. The molecule has 1 aromatic rings. The Morgan fingerprint density at radius 2 is 1.13 bits per heavy atom. The van der Waals surface area contributed by atoms with Crippen molar-refractivity contribution in [2.75, 3.05) is 0 Å². The van der Waals surface area contributed by atoms with E-state index < -0.39 is 11.6 Å². The molecule has 39 heavy (non-hydrogen) atoms. The number of allylic oxidation sites excluding steroid dienone is 8. The maximum absolute atomic E-state index is 13.1. The third-order valence-corrected chi connectivity index (χ3v) is 6.99. The summed E-state index contributed by atoms with van der Waals surface area (Å²) >= 11 is 0. The van der Waals surface area contributed by atoms with Gasteiger partial charge in [0.15, 0.2) is 11.4 Å². The normalized spacial score (nSPS) is 18.5. The van der Waals surface area contributed by atoms with E-state index >= 15 is 0 Å². The molecule has 0 bridgehead atoms. The molecule has 0 atom stereocenters. The summed E-state index contributed by atoms with van der Waals surface area (Å²) in [5.74, 6) is -0.175. The first-order valence-electron chi connectivity index (χ1n) is 13.6. The molecule has 0 aromatic carbocycles. The van der Waals surface area contributed by atoms with Crippen molar-refractivity contribution in [2.24, 2.45) is 17.9 Å². The van der Waals surface area contributed by atoms with Crippen LogP contribution in [0.25, 0.3) is 6.08 Å². The molecule has 1 aliphatic heterocycles. The molecule has 0 radical (unpaired) electrons. The molecule has 0 spiro atoms. The zero-order valence-corrected chi connectivity index (χ0v) is 26.1. The van der Waals surface area contributed by atoms with Crippen LogP contribution < -0.4 is 4.57 Å². The number of ketones is 2. The number of pyridine rings is 1. The molecule has 0 unspecified atom stereocenters. The van der Waals surface area contributed by atoms with Gasteiger partial charge in [0.05, 0.1) is 11.1 Å². The molecule has 1 aromatic heterocycles. The van der Waals surface area contributed by atoms with Crippen LogP contribution in [0.3, 0.4) is 0 Å². The van der Waals surface area contributed by atoms with Gasteiger partial charge in [0.2, 0.25) is 11.6 Å². The Balaban J connectivity index is 2.21. The summed E-state index contributed by atoms with van der Waals surface area (Å²) in [6.45, 7) is 25.2. The number of rotatable bonds is 2. The van der Waals surface area contributed by atoms with Crippen LogP contribution in [-0.2, 0) is 32.2 Å². The molecular weight excluding hydrogens is 486 g/mol. The number of hydrogen-bond acceptors (Lipinski definition) is 4. The Kier molecular flexibility index (Phi) is 7.59. The van der Waals surface area contributed by atoms with Gasteiger partial charge in [-0.3, -0.25) is 9.59 Å². The molecule has 3 rings (SSSR count). The second-order valence-electron chi connectivity index (χ2n) is 14.9. The summed E-state index contributed by atoms with van der Waals surface area (Å²) in [5, 5.41) is 11.2. The van der Waals surface area contributed by atoms with E-state index in [-0.39, 0.29) is 38.6 Å². The van der Waals surface area contributed by atoms with E-state index in [1.807, 2.05) is 24.3 Å². The van der Waals surface area contributed by atoms with Gasteiger partial charge in [0.1, 0.15) is 24.3 Å². The van der Waals surface area contributed by atoms with Crippen LogP contribution in [-0.4, -0.2) is 16.7 Å². The van der Waals surface area contributed by atoms with E-state index in [1.165, 1.54) is 0 Å². The molecule has 5 nitrogen and oxygen atoms in total. The lowest BCUT2D eigenvalue weighted by Crippen LogP contribution is -2.47. The maximum Gasteiger partial charge on any atom is 0.237 e. The highest BCUT2D eigenvalue weighted by Crippen LogP contribution is 2.40. The topological polar surface area (TPSA) is 67.5 Å². The Hall–Kier alpha value is -3.21. The van der Waals surface area contributed by atoms with Crippen LogP contribution >= 0.6 is 0 Å². The van der Waals surface area contributed by atoms with Crippen LogP contribution in [0.5, 0.6) is 0 Å². The highest BCUT2D eigenvalue weighted by Gasteiger charge is 2.37. The molecule has 0 saturated heterocycles. The van der Waals surface area contributed by atoms with Crippen molar-refractivity contribution in [1.82, 2.24) is 0 Å². The Labute approximate surface area is 234 Å². The first kappa shape index (κ1) is 30.3. The number of aliphatic hydroxyl groups excluding tert-OH is 1. The third-order valence-electron chi connectivity index (χ3n) is 6.99. The zero-order valence-electron chi connectivity index (χ0n) is 26.1. The van der Waals surface area contributed by atoms with E-state index in [0.717, 1.165) is 28.5 Å². The lowest BCUT2D eigenvalue weighted by Gasteiger charge is -2.32. The SMILES string of the molecule is C[n+]1c(C(C)(C)C)cc(C=C2C(=O)C(=O)C(C=C3C=C(C(C)(C)C)OC(C(C)(C)C)=C3)=C2O)cc1C(C)(C)C. The van der Waals surface area contributed by atoms with E-state index in [1.54, 1.807) is 12.2 Å². The van der Waals surface area contributed by atoms with Crippen molar-refractivity contribution in [2.45, 2.75) is 93.9 Å². The molecular formula is C34H46NO4+. The summed E-state index contributed by atoms with van der Waals surface area (Å²) in [4.78, 5) is 26.3. The van der Waals surface area contributed by atoms with Gasteiger partial charge in [-0.1, -0.05) is 83.1 Å². The van der Waals surface area contributed by atoms with Gasteiger partial charge in [0, 0.05) is 33.8 Å². The van der Waals surface area contributed by atoms with Crippen LogP contribution in [0.4, 0.5) is 0 Å². The van der Waals surface area contributed by atoms with E-state index in [0.29, 0.717) is 5.57 Å². The zero-order chi connectivity index (χ0) is 29.9. The lowest BCUT2D eigenvalue weighted by atomic mass is 9.85. The highest BCUT2D eigenvalue weighted by atomic mass is 16.5. The summed E-state index contributed by atoms with van der Waals surface area (Å²) < 4.78 is 8.40. The molecule has 0 amide bonds. The fourth-order valence-corrected chi connectivity index (χ4v) is 4.75. The molecule has 5 heteroatoms. The maximum atomic E-state index is 13.1. The van der Waals surface area contributed by atoms with Crippen molar-refractivity contribution in [3.63, 3.8) is 0 Å². The Morgan fingerprint density at radius 3 is 1.51 bits per heavy atom. The summed E-state index contributed by atoms with van der Waals surface area (Å²) in [6, 6.07) is 4.05. The van der Waals surface area contributed by atoms with Gasteiger partial charge in [-0.05, 0) is 35.4 Å². The molecule has 1 N–H and O–H groups in total. The minimum atomic E-state index is -0.706. The first-order chi connectivity index (χ1) is 17.5. The van der Waals surface area contributed by atoms with Crippen molar-refractivity contribution in [1.29, 1.82) is 0 Å². The van der Waals surface area contributed by atoms with Crippen molar-refractivity contribution in [3.05, 3.63) is 81.3 Å². The number of hydrogen-bond donors (Lipinski definition) is 1. The number of aliphatic hydroxyl groups is 1. The number of ether oxygens (including phenoxy) is 1. The number of Topliss-reactive ketones (excluding diaryl/α,β-unsaturated/α-hetero) is 2. The molecule has 1 aliphatic carbocycles. The summed E-state index contributed by atoms with van der Waals surface area (Å²) in [5.41, 5.74) is 2.86. The molecule has 0 fully saturated rings. The predicted octanol–water partition coefficient (Wildman–Crippen LogP) is 7.27. The fraction of sp³-hybridized carbons (Fsp3) is 0.500. The van der Waals surface area contributed by atoms with Gasteiger partial charge in [-0.2, -0.15) is 0 Å². The van der Waals surface area contributed by atoms with E-state index in [2.05, 4.69) is 94.7 Å². The number of carbonyl (C=O) groups excluding carboxylic acids is 2. The van der Waals surface area contributed by atoms with Crippen LogP contribution in [0, 0.1) is 10.8 Å². The fourth-order valence-electron chi connectivity index (χ4n) is 4.75. The Morgan fingerprint density at radius 1 is 0.692 bits per heavy atom. The van der Waals surface area contributed by atoms with Crippen molar-refractivity contribution >= 4 is 17.6 Å². The van der Waals surface area contributed by atoms with Crippen LogP contribution in [0.2, 0.25) is 0 Å². The number of carbonyl (C=O) groups is 2. The van der Waals surface area contributed by atoms with Crippen LogP contribution in [0.1, 0.15) is 100 Å². The average molecular weight is 533 g/mol. The van der Waals surface area contributed by atoms with Gasteiger partial charge in [-0.25, -0.2) is 4.57 Å². The quantitative estimate of drug-likeness (QED) is 0.247. The number of nitrogens with zero attached hydrogens (tertiary/aromatic N) is 1. The average Bonchev–Trinajstić information content (AvgIpc) is 2.95. The second-order valence-corrected chi connectivity index (χ2v) is 14.9. The van der Waals surface area contributed by atoms with Gasteiger partial charge >= 0.3 is 0 Å². The number of aromatic nitrogens is 1. The predicted molar refractivity (Wildman–Crippen MR) is 157 cm³/mol. The van der Waals surface area contributed by atoms with Gasteiger partial charge in [-0.15, -0.1) is 0 Å². The van der Waals surface area contributed by atoms with Crippen LogP contribution in [0.15, 0.2) is 64.4 Å². The summed E-state index contributed by atoms with van der Waals surface area (Å²) in [6.07, 6.45) is 6.99.